The maximum absolute atomic E-state index is 12.4. The Hall–Kier alpha value is -1.06. The first-order chi connectivity index (χ1) is 9.77. The van der Waals surface area contributed by atoms with Crippen LogP contribution in [0.1, 0.15) is 31.2 Å². The maximum Gasteiger partial charge on any atom is 0.222 e. The van der Waals surface area contributed by atoms with E-state index in [2.05, 4.69) is 22.3 Å². The summed E-state index contributed by atoms with van der Waals surface area (Å²) in [5, 5.41) is 3.42. The average Bonchev–Trinajstić information content (AvgIpc) is 2.90. The summed E-state index contributed by atoms with van der Waals surface area (Å²) in [7, 11) is 0. The van der Waals surface area contributed by atoms with Gasteiger partial charge in [-0.15, -0.1) is 12.4 Å². The number of nitrogens with zero attached hydrogens (tertiary/aromatic N) is 1. The van der Waals surface area contributed by atoms with Gasteiger partial charge in [-0.3, -0.25) is 4.79 Å². The van der Waals surface area contributed by atoms with Gasteiger partial charge in [-0.1, -0.05) is 30.3 Å². The van der Waals surface area contributed by atoms with Gasteiger partial charge < -0.3 is 10.2 Å². The van der Waals surface area contributed by atoms with Gasteiger partial charge in [-0.05, 0) is 49.8 Å². The minimum atomic E-state index is 0. The summed E-state index contributed by atoms with van der Waals surface area (Å²) in [5.74, 6) is 0.337. The fourth-order valence-corrected chi connectivity index (χ4v) is 3.57. The Kier molecular flexibility index (Phi) is 5.65. The predicted molar refractivity (Wildman–Crippen MR) is 87.7 cm³/mol. The second kappa shape index (κ2) is 7.28. The molecule has 2 aliphatic heterocycles. The van der Waals surface area contributed by atoms with Gasteiger partial charge in [0.25, 0.3) is 0 Å². The number of hydrogen-bond acceptors (Lipinski definition) is 2. The Balaban J connectivity index is 0.00000161. The number of amides is 1. The van der Waals surface area contributed by atoms with E-state index in [0.29, 0.717) is 17.7 Å². The van der Waals surface area contributed by atoms with Crippen molar-refractivity contribution in [3.05, 3.63) is 35.9 Å². The second-order valence-corrected chi connectivity index (χ2v) is 6.30. The van der Waals surface area contributed by atoms with E-state index in [4.69, 9.17) is 0 Å². The first kappa shape index (κ1) is 16.3. The van der Waals surface area contributed by atoms with E-state index < -0.39 is 0 Å². The maximum atomic E-state index is 12.4. The van der Waals surface area contributed by atoms with Crippen LogP contribution in [0.25, 0.3) is 0 Å². The number of aryl methyl sites for hydroxylation is 1. The summed E-state index contributed by atoms with van der Waals surface area (Å²) < 4.78 is 0. The van der Waals surface area contributed by atoms with Crippen molar-refractivity contribution in [1.29, 1.82) is 0 Å². The lowest BCUT2D eigenvalue weighted by atomic mass is 9.78. The number of nitrogens with one attached hydrogen (secondary N) is 1. The van der Waals surface area contributed by atoms with Crippen molar-refractivity contribution in [2.24, 2.45) is 5.41 Å². The Morgan fingerprint density at radius 1 is 1.14 bits per heavy atom. The van der Waals surface area contributed by atoms with Crippen LogP contribution in [0.15, 0.2) is 30.3 Å². The van der Waals surface area contributed by atoms with Crippen molar-refractivity contribution < 1.29 is 4.79 Å². The van der Waals surface area contributed by atoms with Gasteiger partial charge in [0.15, 0.2) is 0 Å². The van der Waals surface area contributed by atoms with Crippen molar-refractivity contribution in [3.63, 3.8) is 0 Å². The standard InChI is InChI=1S/C17H24N2O.ClH/c20-16(7-6-15-4-2-1-3-5-15)19-13-10-17(14-19)8-11-18-12-9-17;/h1-5,18H,6-14H2;1H. The monoisotopic (exact) mass is 308 g/mol. The molecule has 0 aliphatic carbocycles. The number of carbonyl (C=O) groups excluding carboxylic acids is 1. The number of benzene rings is 1. The van der Waals surface area contributed by atoms with E-state index in [-0.39, 0.29) is 12.4 Å². The molecule has 116 valence electrons. The topological polar surface area (TPSA) is 32.3 Å². The van der Waals surface area contributed by atoms with E-state index in [1.54, 1.807) is 0 Å². The lowest BCUT2D eigenvalue weighted by molar-refractivity contribution is -0.130. The van der Waals surface area contributed by atoms with Crippen LogP contribution in [0, 0.1) is 5.41 Å². The summed E-state index contributed by atoms with van der Waals surface area (Å²) in [4.78, 5) is 14.5. The molecule has 2 saturated heterocycles. The highest BCUT2D eigenvalue weighted by Crippen LogP contribution is 2.38. The third-order valence-corrected chi connectivity index (χ3v) is 4.93. The van der Waals surface area contributed by atoms with Crippen LogP contribution in [0.2, 0.25) is 0 Å². The molecule has 3 nitrogen and oxygen atoms in total. The third kappa shape index (κ3) is 3.98. The Bertz CT molecular complexity index is 457. The molecule has 1 aromatic rings. The Labute approximate surface area is 133 Å². The van der Waals surface area contributed by atoms with Crippen LogP contribution in [-0.2, 0) is 11.2 Å². The molecule has 2 aliphatic rings. The van der Waals surface area contributed by atoms with E-state index >= 15 is 0 Å². The molecular formula is C17H25ClN2O. The van der Waals surface area contributed by atoms with E-state index in [9.17, 15) is 4.79 Å². The molecule has 0 radical (unpaired) electrons. The van der Waals surface area contributed by atoms with Crippen LogP contribution >= 0.6 is 12.4 Å². The molecule has 1 amide bonds. The lowest BCUT2D eigenvalue weighted by Gasteiger charge is -2.33. The number of piperidine rings is 1. The van der Waals surface area contributed by atoms with Crippen molar-refractivity contribution in [1.82, 2.24) is 10.2 Å². The van der Waals surface area contributed by atoms with Gasteiger partial charge >= 0.3 is 0 Å². The normalized spacial score (nSPS) is 20.3. The molecule has 1 aromatic carbocycles. The Morgan fingerprint density at radius 2 is 1.86 bits per heavy atom. The fourth-order valence-electron chi connectivity index (χ4n) is 3.57. The van der Waals surface area contributed by atoms with Gasteiger partial charge in [0.05, 0.1) is 0 Å². The zero-order valence-corrected chi connectivity index (χ0v) is 13.3. The van der Waals surface area contributed by atoms with Crippen LogP contribution < -0.4 is 5.32 Å². The molecule has 21 heavy (non-hydrogen) atoms. The molecule has 0 bridgehead atoms. The number of carbonyl (C=O) groups is 1. The SMILES string of the molecule is Cl.O=C(CCc1ccccc1)N1CCC2(CCNCC2)C1. The minimum Gasteiger partial charge on any atom is -0.342 e. The number of hydrogen-bond donors (Lipinski definition) is 1. The zero-order valence-electron chi connectivity index (χ0n) is 12.5. The predicted octanol–water partition coefficient (Wildman–Crippen LogP) is 2.64. The van der Waals surface area contributed by atoms with E-state index in [0.717, 1.165) is 32.6 Å². The van der Waals surface area contributed by atoms with Gasteiger partial charge in [-0.25, -0.2) is 0 Å². The molecule has 2 heterocycles. The summed E-state index contributed by atoms with van der Waals surface area (Å²) in [6.45, 7) is 4.19. The molecule has 0 unspecified atom stereocenters. The van der Waals surface area contributed by atoms with Crippen LogP contribution in [0.3, 0.4) is 0 Å². The smallest absolute Gasteiger partial charge is 0.222 e. The molecule has 0 aromatic heterocycles. The van der Waals surface area contributed by atoms with Gasteiger partial charge in [0.2, 0.25) is 5.91 Å². The highest BCUT2D eigenvalue weighted by molar-refractivity contribution is 5.85. The lowest BCUT2D eigenvalue weighted by Crippen LogP contribution is -2.39. The molecular weight excluding hydrogens is 284 g/mol. The van der Waals surface area contributed by atoms with Crippen LogP contribution in [0.4, 0.5) is 0 Å². The van der Waals surface area contributed by atoms with Gasteiger partial charge in [0.1, 0.15) is 0 Å². The van der Waals surface area contributed by atoms with Crippen LogP contribution in [-0.4, -0.2) is 37.0 Å². The van der Waals surface area contributed by atoms with E-state index in [1.165, 1.54) is 24.8 Å². The summed E-state index contributed by atoms with van der Waals surface area (Å²) in [6.07, 6.45) is 5.18. The summed E-state index contributed by atoms with van der Waals surface area (Å²) >= 11 is 0. The van der Waals surface area contributed by atoms with Crippen molar-refractivity contribution >= 4 is 18.3 Å². The van der Waals surface area contributed by atoms with Gasteiger partial charge in [-0.2, -0.15) is 0 Å². The molecule has 0 atom stereocenters. The molecule has 0 saturated carbocycles. The highest BCUT2D eigenvalue weighted by Gasteiger charge is 2.40. The number of rotatable bonds is 3. The highest BCUT2D eigenvalue weighted by atomic mass is 35.5. The molecule has 1 N–H and O–H groups in total. The number of halogens is 1. The van der Waals surface area contributed by atoms with E-state index in [1.807, 2.05) is 18.2 Å². The third-order valence-electron chi connectivity index (χ3n) is 4.93. The molecule has 3 rings (SSSR count). The van der Waals surface area contributed by atoms with Crippen molar-refractivity contribution in [3.8, 4) is 0 Å². The quantitative estimate of drug-likeness (QED) is 0.931. The molecule has 4 heteroatoms. The number of likely N-dealkylation sites (tertiary alicyclic amines) is 1. The van der Waals surface area contributed by atoms with Crippen molar-refractivity contribution in [2.45, 2.75) is 32.1 Å². The average molecular weight is 309 g/mol. The first-order valence-corrected chi connectivity index (χ1v) is 7.80. The fraction of sp³-hybridized carbons (Fsp3) is 0.588. The van der Waals surface area contributed by atoms with Crippen LogP contribution in [0.5, 0.6) is 0 Å². The summed E-state index contributed by atoms with van der Waals surface area (Å²) in [5.41, 5.74) is 1.69. The summed E-state index contributed by atoms with van der Waals surface area (Å²) in [6, 6.07) is 10.3. The zero-order chi connectivity index (χ0) is 13.8. The minimum absolute atomic E-state index is 0. The van der Waals surface area contributed by atoms with Gasteiger partial charge in [0, 0.05) is 19.5 Å². The Morgan fingerprint density at radius 3 is 2.57 bits per heavy atom. The van der Waals surface area contributed by atoms with Crippen molar-refractivity contribution in [2.75, 3.05) is 26.2 Å². The molecule has 2 fully saturated rings. The largest absolute Gasteiger partial charge is 0.342 e. The second-order valence-electron chi connectivity index (χ2n) is 6.30. The first-order valence-electron chi connectivity index (χ1n) is 7.80. The molecule has 1 spiro atoms.